The van der Waals surface area contributed by atoms with Gasteiger partial charge in [-0.15, -0.1) is 11.8 Å². The van der Waals surface area contributed by atoms with Gasteiger partial charge in [0.25, 0.3) is 11.6 Å². The molecule has 0 radical (unpaired) electrons. The lowest BCUT2D eigenvalue weighted by atomic mass is 10.1. The van der Waals surface area contributed by atoms with E-state index >= 15 is 0 Å². The number of carbonyl (C=O) groups is 2. The SMILES string of the molecule is Cc1ccc(C(=O)N2CSC[C@H]2C(=O)NCC2CC2)cc1[N+](=O)[O-]. The number of thioether (sulfide) groups is 1. The number of hydrogen-bond donors (Lipinski definition) is 1. The van der Waals surface area contributed by atoms with Gasteiger partial charge in [0.15, 0.2) is 0 Å². The smallest absolute Gasteiger partial charge is 0.273 e. The van der Waals surface area contributed by atoms with Crippen molar-refractivity contribution in [1.29, 1.82) is 0 Å². The van der Waals surface area contributed by atoms with Crippen LogP contribution in [0.25, 0.3) is 0 Å². The molecule has 1 heterocycles. The maximum Gasteiger partial charge on any atom is 0.273 e. The summed E-state index contributed by atoms with van der Waals surface area (Å²) in [5, 5.41) is 14.0. The molecule has 1 aliphatic heterocycles. The molecule has 0 aromatic heterocycles. The Kier molecular flexibility index (Phi) is 4.75. The van der Waals surface area contributed by atoms with E-state index in [0.29, 0.717) is 29.7 Å². The summed E-state index contributed by atoms with van der Waals surface area (Å²) in [6.07, 6.45) is 2.30. The molecule has 8 heteroatoms. The molecule has 3 rings (SSSR count). The molecule has 0 bridgehead atoms. The van der Waals surface area contributed by atoms with Crippen LogP contribution in [0.4, 0.5) is 5.69 Å². The van der Waals surface area contributed by atoms with Crippen LogP contribution >= 0.6 is 11.8 Å². The second-order valence-electron chi connectivity index (χ2n) is 6.24. The van der Waals surface area contributed by atoms with E-state index < -0.39 is 11.0 Å². The number of benzene rings is 1. The van der Waals surface area contributed by atoms with Crippen LogP contribution in [0, 0.1) is 23.0 Å². The molecule has 0 unspecified atom stereocenters. The summed E-state index contributed by atoms with van der Waals surface area (Å²) in [6.45, 7) is 2.30. The first kappa shape index (κ1) is 16.8. The van der Waals surface area contributed by atoms with Gasteiger partial charge >= 0.3 is 0 Å². The Labute approximate surface area is 143 Å². The maximum atomic E-state index is 12.7. The van der Waals surface area contributed by atoms with Crippen molar-refractivity contribution in [2.24, 2.45) is 5.92 Å². The first-order valence-corrected chi connectivity index (χ1v) is 9.04. The molecule has 1 saturated carbocycles. The van der Waals surface area contributed by atoms with Gasteiger partial charge in [0.1, 0.15) is 6.04 Å². The number of amides is 2. The number of nitro benzene ring substituents is 1. The number of rotatable bonds is 5. The van der Waals surface area contributed by atoms with Gasteiger partial charge in [0.2, 0.25) is 5.91 Å². The number of nitro groups is 1. The van der Waals surface area contributed by atoms with E-state index in [9.17, 15) is 19.7 Å². The van der Waals surface area contributed by atoms with Gasteiger partial charge in [-0.05, 0) is 31.7 Å². The van der Waals surface area contributed by atoms with Crippen LogP contribution in [-0.4, -0.2) is 45.9 Å². The van der Waals surface area contributed by atoms with Crippen molar-refractivity contribution in [3.63, 3.8) is 0 Å². The Bertz CT molecular complexity index is 690. The summed E-state index contributed by atoms with van der Waals surface area (Å²) >= 11 is 1.52. The van der Waals surface area contributed by atoms with Gasteiger partial charge in [-0.25, -0.2) is 0 Å². The normalized spacial score (nSPS) is 20.0. The molecule has 2 amide bonds. The van der Waals surface area contributed by atoms with Crippen molar-refractivity contribution in [1.82, 2.24) is 10.2 Å². The Morgan fingerprint density at radius 3 is 2.83 bits per heavy atom. The quantitative estimate of drug-likeness (QED) is 0.648. The summed E-state index contributed by atoms with van der Waals surface area (Å²) in [7, 11) is 0. The van der Waals surface area contributed by atoms with Crippen LogP contribution in [-0.2, 0) is 4.79 Å². The van der Waals surface area contributed by atoms with Crippen LogP contribution < -0.4 is 5.32 Å². The lowest BCUT2D eigenvalue weighted by molar-refractivity contribution is -0.385. The minimum atomic E-state index is -0.512. The first-order valence-electron chi connectivity index (χ1n) is 7.89. The van der Waals surface area contributed by atoms with E-state index in [2.05, 4.69) is 5.32 Å². The average molecular weight is 349 g/mol. The van der Waals surface area contributed by atoms with Crippen molar-refractivity contribution < 1.29 is 14.5 Å². The predicted molar refractivity (Wildman–Crippen MR) is 90.8 cm³/mol. The second kappa shape index (κ2) is 6.80. The van der Waals surface area contributed by atoms with Gasteiger partial charge in [-0.3, -0.25) is 19.7 Å². The molecular weight excluding hydrogens is 330 g/mol. The summed E-state index contributed by atoms with van der Waals surface area (Å²) in [5.74, 6) is 1.07. The number of carbonyl (C=O) groups excluding carboxylic acids is 2. The van der Waals surface area contributed by atoms with E-state index in [4.69, 9.17) is 0 Å². The Hall–Kier alpha value is -2.09. The highest BCUT2D eigenvalue weighted by atomic mass is 32.2. The van der Waals surface area contributed by atoms with Crippen LogP contribution in [0.5, 0.6) is 0 Å². The largest absolute Gasteiger partial charge is 0.354 e. The number of aryl methyl sites for hydroxylation is 1. The van der Waals surface area contributed by atoms with Crippen LogP contribution in [0.3, 0.4) is 0 Å². The predicted octanol–water partition coefficient (Wildman–Crippen LogP) is 1.94. The molecule has 1 atom stereocenters. The molecule has 1 aliphatic carbocycles. The summed E-state index contributed by atoms with van der Waals surface area (Å²) < 4.78 is 0. The van der Waals surface area contributed by atoms with Gasteiger partial charge in [-0.2, -0.15) is 0 Å². The van der Waals surface area contributed by atoms with Crippen LogP contribution in [0.15, 0.2) is 18.2 Å². The highest BCUT2D eigenvalue weighted by Gasteiger charge is 2.36. The zero-order chi connectivity index (χ0) is 17.3. The lowest BCUT2D eigenvalue weighted by Gasteiger charge is -2.23. The fraction of sp³-hybridized carbons (Fsp3) is 0.500. The lowest BCUT2D eigenvalue weighted by Crippen LogP contribution is -2.47. The maximum absolute atomic E-state index is 12.7. The molecule has 1 N–H and O–H groups in total. The van der Waals surface area contributed by atoms with E-state index in [1.54, 1.807) is 19.1 Å². The summed E-state index contributed by atoms with van der Waals surface area (Å²) in [4.78, 5) is 37.1. The van der Waals surface area contributed by atoms with Gasteiger partial charge in [0.05, 0.1) is 10.8 Å². The molecule has 2 aliphatic rings. The molecule has 1 saturated heterocycles. The fourth-order valence-electron chi connectivity index (χ4n) is 2.65. The van der Waals surface area contributed by atoms with E-state index in [0.717, 1.165) is 12.8 Å². The van der Waals surface area contributed by atoms with Crippen LogP contribution in [0.2, 0.25) is 0 Å². The average Bonchev–Trinajstić information content (AvgIpc) is 3.26. The van der Waals surface area contributed by atoms with Crippen molar-refractivity contribution in [2.75, 3.05) is 18.2 Å². The zero-order valence-corrected chi connectivity index (χ0v) is 14.2. The zero-order valence-electron chi connectivity index (χ0n) is 13.4. The Morgan fingerprint density at radius 2 is 2.17 bits per heavy atom. The second-order valence-corrected chi connectivity index (χ2v) is 7.24. The highest BCUT2D eigenvalue weighted by Crippen LogP contribution is 2.29. The third kappa shape index (κ3) is 3.53. The van der Waals surface area contributed by atoms with Crippen molar-refractivity contribution in [3.05, 3.63) is 39.4 Å². The van der Waals surface area contributed by atoms with Gasteiger partial charge < -0.3 is 10.2 Å². The highest BCUT2D eigenvalue weighted by molar-refractivity contribution is 7.99. The fourth-order valence-corrected chi connectivity index (χ4v) is 3.80. The van der Waals surface area contributed by atoms with Crippen molar-refractivity contribution in [3.8, 4) is 0 Å². The third-order valence-electron chi connectivity index (χ3n) is 4.36. The van der Waals surface area contributed by atoms with Gasteiger partial charge in [-0.1, -0.05) is 6.07 Å². The molecular formula is C16H19N3O4S. The Morgan fingerprint density at radius 1 is 1.42 bits per heavy atom. The first-order chi connectivity index (χ1) is 11.5. The number of nitrogens with one attached hydrogen (secondary N) is 1. The third-order valence-corrected chi connectivity index (χ3v) is 5.37. The standard InChI is InChI=1S/C16H19N3O4S/c1-10-2-5-12(6-13(10)19(22)23)16(21)18-9-24-8-14(18)15(20)17-7-11-3-4-11/h2,5-6,11,14H,3-4,7-9H2,1H3,(H,17,20)/t14-/m0/s1. The minimum absolute atomic E-state index is 0.0811. The number of nitrogens with zero attached hydrogens (tertiary/aromatic N) is 2. The molecule has 1 aromatic rings. The Balaban J connectivity index is 1.74. The summed E-state index contributed by atoms with van der Waals surface area (Å²) in [6, 6.07) is 3.92. The molecule has 7 nitrogen and oxygen atoms in total. The van der Waals surface area contributed by atoms with E-state index in [1.807, 2.05) is 0 Å². The molecule has 24 heavy (non-hydrogen) atoms. The molecule has 0 spiro atoms. The van der Waals surface area contributed by atoms with Crippen LogP contribution in [0.1, 0.15) is 28.8 Å². The monoisotopic (exact) mass is 349 g/mol. The molecule has 1 aromatic carbocycles. The molecule has 128 valence electrons. The number of hydrogen-bond acceptors (Lipinski definition) is 5. The molecule has 2 fully saturated rings. The van der Waals surface area contributed by atoms with E-state index in [1.165, 1.54) is 22.7 Å². The topological polar surface area (TPSA) is 92.6 Å². The van der Waals surface area contributed by atoms with Crippen molar-refractivity contribution in [2.45, 2.75) is 25.8 Å². The minimum Gasteiger partial charge on any atom is -0.354 e. The summed E-state index contributed by atoms with van der Waals surface area (Å²) in [5.41, 5.74) is 0.670. The van der Waals surface area contributed by atoms with Crippen molar-refractivity contribution >= 4 is 29.3 Å². The van der Waals surface area contributed by atoms with E-state index in [-0.39, 0.29) is 23.1 Å². The van der Waals surface area contributed by atoms with Gasteiger partial charge in [0, 0.05) is 29.5 Å².